The smallest absolute Gasteiger partial charge is 0.135 e. The van der Waals surface area contributed by atoms with Gasteiger partial charge in [0.25, 0.3) is 0 Å². The van der Waals surface area contributed by atoms with Crippen LogP contribution in [0.25, 0.3) is 17.0 Å². The molecule has 1 N–H and O–H groups in total. The van der Waals surface area contributed by atoms with Gasteiger partial charge >= 0.3 is 0 Å². The van der Waals surface area contributed by atoms with Crippen LogP contribution in [0.15, 0.2) is 53.5 Å². The highest BCUT2D eigenvalue weighted by molar-refractivity contribution is 5.95. The van der Waals surface area contributed by atoms with Crippen molar-refractivity contribution in [3.8, 4) is 5.75 Å². The Labute approximate surface area is 120 Å². The highest BCUT2D eigenvalue weighted by Gasteiger charge is 2.11. The second-order valence-electron chi connectivity index (χ2n) is 5.35. The number of nitrogens with zero attached hydrogens (tertiary/aromatic N) is 1. The molecule has 0 unspecified atom stereocenters. The minimum atomic E-state index is 0.654. The van der Waals surface area contributed by atoms with Gasteiger partial charge in [0.2, 0.25) is 0 Å². The van der Waals surface area contributed by atoms with Gasteiger partial charge in [0.15, 0.2) is 0 Å². The summed E-state index contributed by atoms with van der Waals surface area (Å²) in [6, 6.07) is 16.8. The molecule has 3 nitrogen and oxygen atoms in total. The lowest BCUT2D eigenvalue weighted by atomic mass is 10.0. The molecule has 0 saturated carbocycles. The molecule has 21 heavy (non-hydrogen) atoms. The minimum Gasteiger partial charge on any atom is -0.464 e. The molecule has 3 heteroatoms. The molecule has 0 aliphatic carbocycles. The molecule has 3 aromatic carbocycles. The molecular formula is C18H12N2O. The van der Waals surface area contributed by atoms with Gasteiger partial charge in [0.05, 0.1) is 17.3 Å². The van der Waals surface area contributed by atoms with E-state index in [1.165, 1.54) is 16.0 Å². The van der Waals surface area contributed by atoms with Crippen molar-refractivity contribution < 1.29 is 4.74 Å². The molecule has 0 atom stereocenters. The normalized spacial score (nSPS) is 14.1. The molecule has 0 fully saturated rings. The van der Waals surface area contributed by atoms with Crippen LogP contribution < -0.4 is 20.6 Å². The summed E-state index contributed by atoms with van der Waals surface area (Å²) in [4.78, 5) is 4.44. The van der Waals surface area contributed by atoms with Crippen molar-refractivity contribution in [1.29, 1.82) is 0 Å². The van der Waals surface area contributed by atoms with Gasteiger partial charge in [0, 0.05) is 15.8 Å². The van der Waals surface area contributed by atoms with Crippen LogP contribution in [-0.2, 0) is 0 Å². The summed E-state index contributed by atoms with van der Waals surface area (Å²) in [5, 5.41) is 10.2. The monoisotopic (exact) mass is 272 g/mol. The topological polar surface area (TPSA) is 33.6 Å². The zero-order chi connectivity index (χ0) is 13.8. The van der Waals surface area contributed by atoms with E-state index in [2.05, 4.69) is 52.8 Å². The molecular weight excluding hydrogens is 260 g/mol. The summed E-state index contributed by atoms with van der Waals surface area (Å²) in [5.41, 5.74) is 1.11. The van der Waals surface area contributed by atoms with E-state index >= 15 is 0 Å². The maximum Gasteiger partial charge on any atom is 0.135 e. The van der Waals surface area contributed by atoms with E-state index in [0.29, 0.717) is 6.67 Å². The van der Waals surface area contributed by atoms with E-state index in [1.807, 2.05) is 12.3 Å². The highest BCUT2D eigenvalue weighted by Crippen LogP contribution is 2.28. The summed E-state index contributed by atoms with van der Waals surface area (Å²) in [6.45, 7) is 0.654. The fourth-order valence-corrected chi connectivity index (χ4v) is 3.14. The number of ether oxygens (including phenoxy) is 1. The molecule has 100 valence electrons. The van der Waals surface area contributed by atoms with E-state index in [-0.39, 0.29) is 0 Å². The summed E-state index contributed by atoms with van der Waals surface area (Å²) < 4.78 is 5.83. The summed E-state index contributed by atoms with van der Waals surface area (Å²) in [7, 11) is 0. The first-order valence-electron chi connectivity index (χ1n) is 7.01. The van der Waals surface area contributed by atoms with Crippen molar-refractivity contribution in [2.24, 2.45) is 4.99 Å². The van der Waals surface area contributed by atoms with Crippen LogP contribution in [-0.4, -0.2) is 6.67 Å². The van der Waals surface area contributed by atoms with Gasteiger partial charge in [-0.2, -0.15) is 0 Å². The summed E-state index contributed by atoms with van der Waals surface area (Å²) >= 11 is 0. The fourth-order valence-electron chi connectivity index (χ4n) is 3.14. The predicted molar refractivity (Wildman–Crippen MR) is 82.4 cm³/mol. The second kappa shape index (κ2) is 3.85. The number of hydrogen-bond acceptors (Lipinski definition) is 3. The van der Waals surface area contributed by atoms with E-state index in [1.54, 1.807) is 0 Å². The van der Waals surface area contributed by atoms with Crippen molar-refractivity contribution in [3.05, 3.63) is 69.5 Å². The van der Waals surface area contributed by atoms with Gasteiger partial charge in [-0.15, -0.1) is 0 Å². The van der Waals surface area contributed by atoms with Gasteiger partial charge in [-0.25, -0.2) is 0 Å². The van der Waals surface area contributed by atoms with Gasteiger partial charge < -0.3 is 10.1 Å². The first kappa shape index (κ1) is 10.9. The van der Waals surface area contributed by atoms with Gasteiger partial charge in [-0.3, -0.25) is 4.99 Å². The SMILES string of the molecule is C1=c2ccccc2=c2cc3ccc4c(c3cc2O1)NCN=4. The van der Waals surface area contributed by atoms with Crippen LogP contribution in [0.5, 0.6) is 5.75 Å². The van der Waals surface area contributed by atoms with E-state index in [0.717, 1.165) is 27.2 Å². The van der Waals surface area contributed by atoms with Crippen LogP contribution in [0, 0.1) is 10.4 Å². The maximum absolute atomic E-state index is 5.83. The van der Waals surface area contributed by atoms with Crippen molar-refractivity contribution in [1.82, 2.24) is 0 Å². The van der Waals surface area contributed by atoms with Crippen molar-refractivity contribution >= 4 is 22.7 Å². The van der Waals surface area contributed by atoms with E-state index in [4.69, 9.17) is 4.74 Å². The third kappa shape index (κ3) is 1.46. The molecule has 0 saturated heterocycles. The molecule has 2 aliphatic heterocycles. The Morgan fingerprint density at radius 3 is 2.95 bits per heavy atom. The third-order valence-electron chi connectivity index (χ3n) is 4.17. The quantitative estimate of drug-likeness (QED) is 0.681. The molecule has 5 rings (SSSR count). The fraction of sp³-hybridized carbons (Fsp3) is 0.0556. The lowest BCUT2D eigenvalue weighted by molar-refractivity contribution is 0.531. The number of benzene rings is 3. The lowest BCUT2D eigenvalue weighted by Crippen LogP contribution is -2.10. The number of anilines is 1. The highest BCUT2D eigenvalue weighted by atomic mass is 16.5. The van der Waals surface area contributed by atoms with Crippen LogP contribution in [0.2, 0.25) is 0 Å². The molecule has 0 amide bonds. The number of rotatable bonds is 0. The average Bonchev–Trinajstić information content (AvgIpc) is 3.02. The molecule has 2 heterocycles. The van der Waals surface area contributed by atoms with Gasteiger partial charge in [-0.05, 0) is 28.8 Å². The maximum atomic E-state index is 5.83. The van der Waals surface area contributed by atoms with Crippen LogP contribution >= 0.6 is 0 Å². The minimum absolute atomic E-state index is 0.654. The molecule has 0 bridgehead atoms. The Kier molecular flexibility index (Phi) is 2.00. The Balaban J connectivity index is 2.02. The first-order chi connectivity index (χ1) is 10.4. The first-order valence-corrected chi connectivity index (χ1v) is 7.01. The predicted octanol–water partition coefficient (Wildman–Crippen LogP) is 2.26. The zero-order valence-corrected chi connectivity index (χ0v) is 11.3. The van der Waals surface area contributed by atoms with Crippen molar-refractivity contribution in [2.45, 2.75) is 0 Å². The standard InChI is InChI=1S/C18H12N2O/c1-2-4-13-12(3-1)9-21-17-8-14-11(7-15(13)17)5-6-16-18(14)20-10-19-16/h1-9,20H,10H2. The summed E-state index contributed by atoms with van der Waals surface area (Å²) in [5.74, 6) is 0.906. The Morgan fingerprint density at radius 2 is 1.95 bits per heavy atom. The molecule has 0 aromatic heterocycles. The average molecular weight is 272 g/mol. The lowest BCUT2D eigenvalue weighted by Gasteiger charge is -2.11. The molecule has 2 aliphatic rings. The molecule has 3 aromatic rings. The van der Waals surface area contributed by atoms with Crippen molar-refractivity contribution in [3.63, 3.8) is 0 Å². The Bertz CT molecular complexity index is 1120. The Morgan fingerprint density at radius 1 is 1.00 bits per heavy atom. The molecule has 0 radical (unpaired) electrons. The van der Waals surface area contributed by atoms with E-state index < -0.39 is 0 Å². The Hall–Kier alpha value is -2.81. The zero-order valence-electron chi connectivity index (χ0n) is 11.3. The number of hydrogen-bond donors (Lipinski definition) is 1. The summed E-state index contributed by atoms with van der Waals surface area (Å²) in [6.07, 6.45) is 1.82. The number of nitrogens with one attached hydrogen (secondary N) is 1. The van der Waals surface area contributed by atoms with Crippen LogP contribution in [0.1, 0.15) is 0 Å². The third-order valence-corrected chi connectivity index (χ3v) is 4.17. The van der Waals surface area contributed by atoms with Crippen LogP contribution in [0.3, 0.4) is 0 Å². The van der Waals surface area contributed by atoms with Gasteiger partial charge in [0.1, 0.15) is 12.4 Å². The second-order valence-corrected chi connectivity index (χ2v) is 5.35. The van der Waals surface area contributed by atoms with Crippen molar-refractivity contribution in [2.75, 3.05) is 12.0 Å². The van der Waals surface area contributed by atoms with Gasteiger partial charge in [-0.1, -0.05) is 30.3 Å². The largest absolute Gasteiger partial charge is 0.464 e. The van der Waals surface area contributed by atoms with Crippen LogP contribution in [0.4, 0.5) is 5.69 Å². The number of fused-ring (bicyclic) bond motifs is 5. The molecule has 0 spiro atoms. The van der Waals surface area contributed by atoms with E-state index in [9.17, 15) is 0 Å².